The van der Waals surface area contributed by atoms with Crippen LogP contribution < -0.4 is 5.32 Å². The number of carbonyl (C=O) groups is 1. The van der Waals surface area contributed by atoms with Crippen molar-refractivity contribution < 1.29 is 13.6 Å². The number of hydrogen-bond donors (Lipinski definition) is 2. The van der Waals surface area contributed by atoms with Crippen LogP contribution in [0.3, 0.4) is 0 Å². The minimum Gasteiger partial charge on any atom is -0.361 e. The number of halogens is 3. The van der Waals surface area contributed by atoms with Crippen molar-refractivity contribution in [2.24, 2.45) is 0 Å². The third kappa shape index (κ3) is 2.89. The summed E-state index contributed by atoms with van der Waals surface area (Å²) >= 11 is 6.10. The number of rotatable bonds is 4. The molecule has 25 heavy (non-hydrogen) atoms. The normalized spacial score (nSPS) is 15.3. The fraction of sp³-hybridized carbons (Fsp3) is 0.211. The SMILES string of the molecule is O=C(NCC1(c2c[nH]c3ccc(Cl)cc23)CC1)c1ccc(F)c(F)c1. The second-order valence-electron chi connectivity index (χ2n) is 6.48. The van der Waals surface area contributed by atoms with Gasteiger partial charge in [-0.3, -0.25) is 4.79 Å². The van der Waals surface area contributed by atoms with Crippen molar-refractivity contribution in [3.05, 3.63) is 70.4 Å². The molecule has 6 heteroatoms. The van der Waals surface area contributed by atoms with Gasteiger partial charge in [0.25, 0.3) is 5.91 Å². The highest BCUT2D eigenvalue weighted by atomic mass is 35.5. The molecule has 1 fully saturated rings. The predicted octanol–water partition coefficient (Wildman–Crippen LogP) is 4.56. The Kier molecular flexibility index (Phi) is 3.76. The zero-order valence-corrected chi connectivity index (χ0v) is 14.0. The van der Waals surface area contributed by atoms with Crippen molar-refractivity contribution in [2.45, 2.75) is 18.3 Å². The van der Waals surface area contributed by atoms with Gasteiger partial charge >= 0.3 is 0 Å². The molecule has 4 rings (SSSR count). The summed E-state index contributed by atoms with van der Waals surface area (Å²) in [5.74, 6) is -2.41. The lowest BCUT2D eigenvalue weighted by Gasteiger charge is -2.16. The van der Waals surface area contributed by atoms with Gasteiger partial charge in [-0.2, -0.15) is 0 Å². The molecule has 128 valence electrons. The third-order valence-electron chi connectivity index (χ3n) is 4.84. The molecule has 3 aromatic rings. The number of hydrogen-bond acceptors (Lipinski definition) is 1. The van der Waals surface area contributed by atoms with Crippen molar-refractivity contribution in [1.82, 2.24) is 10.3 Å². The molecule has 1 aliphatic carbocycles. The van der Waals surface area contributed by atoms with Crippen LogP contribution in [0.2, 0.25) is 5.02 Å². The molecule has 3 nitrogen and oxygen atoms in total. The summed E-state index contributed by atoms with van der Waals surface area (Å²) in [4.78, 5) is 15.5. The highest BCUT2D eigenvalue weighted by Gasteiger charge is 2.45. The summed E-state index contributed by atoms with van der Waals surface area (Å²) in [7, 11) is 0. The van der Waals surface area contributed by atoms with Crippen LogP contribution in [0.4, 0.5) is 8.78 Å². The van der Waals surface area contributed by atoms with Gasteiger partial charge in [0.1, 0.15) is 0 Å². The van der Waals surface area contributed by atoms with E-state index in [4.69, 9.17) is 11.6 Å². The zero-order chi connectivity index (χ0) is 17.6. The minimum atomic E-state index is -1.03. The average Bonchev–Trinajstić information content (AvgIpc) is 3.27. The third-order valence-corrected chi connectivity index (χ3v) is 5.07. The molecule has 0 radical (unpaired) electrons. The molecular weight excluding hydrogens is 346 g/mol. The number of benzene rings is 2. The first-order chi connectivity index (χ1) is 12.0. The molecular formula is C19H15ClF2N2O. The molecule has 0 unspecified atom stereocenters. The zero-order valence-electron chi connectivity index (χ0n) is 13.2. The maximum Gasteiger partial charge on any atom is 0.251 e. The minimum absolute atomic E-state index is 0.108. The number of fused-ring (bicyclic) bond motifs is 1. The fourth-order valence-electron chi connectivity index (χ4n) is 3.21. The van der Waals surface area contributed by atoms with Crippen molar-refractivity contribution in [3.8, 4) is 0 Å². The van der Waals surface area contributed by atoms with Crippen molar-refractivity contribution in [2.75, 3.05) is 6.54 Å². The van der Waals surface area contributed by atoms with E-state index < -0.39 is 17.5 Å². The van der Waals surface area contributed by atoms with Crippen molar-refractivity contribution >= 4 is 28.4 Å². The predicted molar refractivity (Wildman–Crippen MR) is 92.9 cm³/mol. The van der Waals surface area contributed by atoms with Crippen molar-refractivity contribution in [1.29, 1.82) is 0 Å². The Bertz CT molecular complexity index is 979. The van der Waals surface area contributed by atoms with E-state index in [1.54, 1.807) is 0 Å². The first-order valence-corrected chi connectivity index (χ1v) is 8.37. The Morgan fingerprint density at radius 2 is 1.96 bits per heavy atom. The van der Waals surface area contributed by atoms with Crippen LogP contribution >= 0.6 is 11.6 Å². The number of aromatic amines is 1. The summed E-state index contributed by atoms with van der Waals surface area (Å²) in [5, 5.41) is 4.55. The standard InChI is InChI=1S/C19H15ClF2N2O/c20-12-2-4-17-13(8-12)14(9-23-17)19(5-6-19)10-24-18(25)11-1-3-15(21)16(22)7-11/h1-4,7-9,23H,5-6,10H2,(H,24,25). The van der Waals surface area contributed by atoms with E-state index in [2.05, 4.69) is 10.3 Å². The largest absolute Gasteiger partial charge is 0.361 e. The van der Waals surface area contributed by atoms with E-state index in [-0.39, 0.29) is 11.0 Å². The lowest BCUT2D eigenvalue weighted by molar-refractivity contribution is 0.0949. The van der Waals surface area contributed by atoms with Crippen LogP contribution in [0.25, 0.3) is 10.9 Å². The number of aromatic nitrogens is 1. The van der Waals surface area contributed by atoms with Crippen LogP contribution in [-0.2, 0) is 5.41 Å². The van der Waals surface area contributed by atoms with Crippen LogP contribution in [0, 0.1) is 11.6 Å². The molecule has 1 heterocycles. The maximum atomic E-state index is 13.3. The fourth-order valence-corrected chi connectivity index (χ4v) is 3.38. The van der Waals surface area contributed by atoms with Gasteiger partial charge in [-0.05, 0) is 54.8 Å². The monoisotopic (exact) mass is 360 g/mol. The summed E-state index contributed by atoms with van der Waals surface area (Å²) in [6.07, 6.45) is 3.85. The molecule has 1 aliphatic rings. The Hall–Kier alpha value is -2.40. The molecule has 1 aromatic heterocycles. The Morgan fingerprint density at radius 1 is 1.16 bits per heavy atom. The Labute approximate surface area is 148 Å². The van der Waals surface area contributed by atoms with E-state index in [9.17, 15) is 13.6 Å². The average molecular weight is 361 g/mol. The van der Waals surface area contributed by atoms with Crippen LogP contribution in [0.15, 0.2) is 42.6 Å². The van der Waals surface area contributed by atoms with Crippen molar-refractivity contribution in [3.63, 3.8) is 0 Å². The van der Waals surface area contributed by atoms with Gasteiger partial charge in [0.2, 0.25) is 0 Å². The van der Waals surface area contributed by atoms with Gasteiger partial charge < -0.3 is 10.3 Å². The number of amides is 1. The second-order valence-corrected chi connectivity index (χ2v) is 6.92. The maximum absolute atomic E-state index is 13.3. The van der Waals surface area contributed by atoms with E-state index in [1.165, 1.54) is 6.07 Å². The van der Waals surface area contributed by atoms with Crippen LogP contribution in [0.1, 0.15) is 28.8 Å². The highest BCUT2D eigenvalue weighted by Crippen LogP contribution is 2.50. The summed E-state index contributed by atoms with van der Waals surface area (Å²) in [5.41, 5.74) is 2.09. The Balaban J connectivity index is 1.54. The molecule has 0 bridgehead atoms. The molecule has 1 saturated carbocycles. The molecule has 1 amide bonds. The van der Waals surface area contributed by atoms with Gasteiger partial charge in [0.15, 0.2) is 11.6 Å². The summed E-state index contributed by atoms with van der Waals surface area (Å²) in [6, 6.07) is 8.82. The van der Waals surface area contributed by atoms with E-state index >= 15 is 0 Å². The highest BCUT2D eigenvalue weighted by molar-refractivity contribution is 6.31. The lowest BCUT2D eigenvalue weighted by Crippen LogP contribution is -2.32. The number of carbonyl (C=O) groups excluding carboxylic acids is 1. The first-order valence-electron chi connectivity index (χ1n) is 7.99. The molecule has 2 N–H and O–H groups in total. The molecule has 2 aromatic carbocycles. The number of nitrogens with one attached hydrogen (secondary N) is 2. The van der Waals surface area contributed by atoms with E-state index in [0.717, 1.165) is 41.4 Å². The van der Waals surface area contributed by atoms with Crippen LogP contribution in [0.5, 0.6) is 0 Å². The summed E-state index contributed by atoms with van der Waals surface area (Å²) < 4.78 is 26.3. The van der Waals surface area contributed by atoms with Gasteiger partial charge in [-0.15, -0.1) is 0 Å². The topological polar surface area (TPSA) is 44.9 Å². The smallest absolute Gasteiger partial charge is 0.251 e. The van der Waals surface area contributed by atoms with Gasteiger partial charge in [0.05, 0.1) is 0 Å². The molecule has 0 spiro atoms. The molecule has 0 atom stereocenters. The van der Waals surface area contributed by atoms with Gasteiger partial charge in [-0.1, -0.05) is 11.6 Å². The van der Waals surface area contributed by atoms with E-state index in [0.29, 0.717) is 11.6 Å². The van der Waals surface area contributed by atoms with Gasteiger partial charge in [-0.25, -0.2) is 8.78 Å². The Morgan fingerprint density at radius 3 is 2.68 bits per heavy atom. The quantitative estimate of drug-likeness (QED) is 0.703. The number of H-pyrrole nitrogens is 1. The van der Waals surface area contributed by atoms with Gasteiger partial charge in [0, 0.05) is 39.6 Å². The van der Waals surface area contributed by atoms with E-state index in [1.807, 2.05) is 24.4 Å². The molecule has 0 saturated heterocycles. The summed E-state index contributed by atoms with van der Waals surface area (Å²) in [6.45, 7) is 0.435. The lowest BCUT2D eigenvalue weighted by atomic mass is 9.95. The van der Waals surface area contributed by atoms with Crippen LogP contribution in [-0.4, -0.2) is 17.4 Å². The first kappa shape index (κ1) is 16.1. The molecule has 0 aliphatic heterocycles. The second kappa shape index (κ2) is 5.85.